The molecule has 0 radical (unpaired) electrons. The molecule has 1 N–H and O–H groups in total. The SMILES string of the molecule is Cc1ccccc1NC(=O)Cn1cnc2c(cnn2C(C)(C)C)c1=O. The minimum absolute atomic E-state index is 0.100. The van der Waals surface area contributed by atoms with Crippen molar-refractivity contribution in [2.45, 2.75) is 39.8 Å². The second-order valence-electron chi connectivity index (χ2n) is 7.01. The van der Waals surface area contributed by atoms with Crippen LogP contribution in [0.1, 0.15) is 26.3 Å². The number of amides is 1. The first-order valence-corrected chi connectivity index (χ1v) is 8.06. The second kappa shape index (κ2) is 6.16. The van der Waals surface area contributed by atoms with Gasteiger partial charge in [0.15, 0.2) is 5.65 Å². The molecule has 1 aromatic carbocycles. The zero-order valence-electron chi connectivity index (χ0n) is 14.8. The van der Waals surface area contributed by atoms with Crippen LogP contribution < -0.4 is 10.9 Å². The molecular formula is C18H21N5O2. The van der Waals surface area contributed by atoms with Gasteiger partial charge in [-0.05, 0) is 39.3 Å². The Labute approximate surface area is 145 Å². The number of hydrogen-bond acceptors (Lipinski definition) is 4. The number of aromatic nitrogens is 4. The molecule has 0 spiro atoms. The summed E-state index contributed by atoms with van der Waals surface area (Å²) in [4.78, 5) is 29.2. The third-order valence-electron chi connectivity index (χ3n) is 3.92. The maximum absolute atomic E-state index is 12.6. The summed E-state index contributed by atoms with van der Waals surface area (Å²) in [6.07, 6.45) is 2.90. The Morgan fingerprint density at radius 1 is 1.24 bits per heavy atom. The maximum Gasteiger partial charge on any atom is 0.264 e. The molecule has 3 rings (SSSR count). The van der Waals surface area contributed by atoms with Gasteiger partial charge in [-0.25, -0.2) is 9.67 Å². The van der Waals surface area contributed by atoms with Crippen LogP contribution in [0.4, 0.5) is 5.69 Å². The minimum atomic E-state index is -0.282. The maximum atomic E-state index is 12.6. The van der Waals surface area contributed by atoms with Crippen LogP contribution in [0.25, 0.3) is 11.0 Å². The number of rotatable bonds is 3. The van der Waals surface area contributed by atoms with Gasteiger partial charge in [-0.2, -0.15) is 5.10 Å². The van der Waals surface area contributed by atoms with E-state index >= 15 is 0 Å². The van der Waals surface area contributed by atoms with Crippen LogP contribution in [0.15, 0.2) is 41.6 Å². The number of hydrogen-bond donors (Lipinski definition) is 1. The Kier molecular flexibility index (Phi) is 4.16. The molecule has 130 valence electrons. The number of anilines is 1. The highest BCUT2D eigenvalue weighted by Crippen LogP contribution is 2.17. The van der Waals surface area contributed by atoms with E-state index in [9.17, 15) is 9.59 Å². The van der Waals surface area contributed by atoms with Crippen LogP contribution in [-0.4, -0.2) is 25.2 Å². The summed E-state index contributed by atoms with van der Waals surface area (Å²) in [5.41, 5.74) is 1.65. The predicted octanol–water partition coefficient (Wildman–Crippen LogP) is 2.30. The first kappa shape index (κ1) is 16.9. The molecule has 0 aliphatic heterocycles. The molecule has 2 heterocycles. The van der Waals surface area contributed by atoms with E-state index in [4.69, 9.17) is 0 Å². The Balaban J connectivity index is 1.87. The van der Waals surface area contributed by atoms with Gasteiger partial charge in [-0.1, -0.05) is 18.2 Å². The third kappa shape index (κ3) is 3.31. The molecular weight excluding hydrogens is 318 g/mol. The first-order valence-electron chi connectivity index (χ1n) is 8.06. The van der Waals surface area contributed by atoms with Gasteiger partial charge in [0.2, 0.25) is 5.91 Å². The van der Waals surface area contributed by atoms with Gasteiger partial charge in [0.1, 0.15) is 18.3 Å². The van der Waals surface area contributed by atoms with Crippen molar-refractivity contribution in [3.8, 4) is 0 Å². The molecule has 7 nitrogen and oxygen atoms in total. The topological polar surface area (TPSA) is 81.8 Å². The van der Waals surface area contributed by atoms with E-state index in [1.54, 1.807) is 4.68 Å². The lowest BCUT2D eigenvalue weighted by molar-refractivity contribution is -0.116. The van der Waals surface area contributed by atoms with Crippen LogP contribution in [-0.2, 0) is 16.9 Å². The van der Waals surface area contributed by atoms with Crippen LogP contribution in [0.3, 0.4) is 0 Å². The molecule has 0 bridgehead atoms. The number of benzene rings is 1. The number of aryl methyl sites for hydroxylation is 1. The molecule has 0 atom stereocenters. The van der Waals surface area contributed by atoms with Crippen molar-refractivity contribution in [3.63, 3.8) is 0 Å². The summed E-state index contributed by atoms with van der Waals surface area (Å²) in [5, 5.41) is 7.49. The summed E-state index contributed by atoms with van der Waals surface area (Å²) in [6.45, 7) is 7.78. The Bertz CT molecular complexity index is 995. The van der Waals surface area contributed by atoms with E-state index in [0.717, 1.165) is 11.3 Å². The average Bonchev–Trinajstić information content (AvgIpc) is 2.97. The first-order chi connectivity index (χ1) is 11.8. The molecule has 0 aliphatic carbocycles. The fourth-order valence-electron chi connectivity index (χ4n) is 2.61. The molecule has 0 saturated carbocycles. The second-order valence-corrected chi connectivity index (χ2v) is 7.01. The van der Waals surface area contributed by atoms with Gasteiger partial charge in [-0.3, -0.25) is 14.2 Å². The predicted molar refractivity (Wildman–Crippen MR) is 96.6 cm³/mol. The average molecular weight is 339 g/mol. The van der Waals surface area contributed by atoms with Crippen LogP contribution >= 0.6 is 0 Å². The van der Waals surface area contributed by atoms with Gasteiger partial charge in [0, 0.05) is 5.69 Å². The number of carbonyl (C=O) groups excluding carboxylic acids is 1. The molecule has 0 unspecified atom stereocenters. The molecule has 0 aliphatic rings. The molecule has 2 aromatic heterocycles. The van der Waals surface area contributed by atoms with Gasteiger partial charge < -0.3 is 5.32 Å². The van der Waals surface area contributed by atoms with Crippen LogP contribution in [0, 0.1) is 6.92 Å². The number of nitrogens with one attached hydrogen (secondary N) is 1. The third-order valence-corrected chi connectivity index (χ3v) is 3.92. The fraction of sp³-hybridized carbons (Fsp3) is 0.333. The summed E-state index contributed by atoms with van der Waals surface area (Å²) >= 11 is 0. The highest BCUT2D eigenvalue weighted by atomic mass is 16.2. The number of para-hydroxylation sites is 1. The van der Waals surface area contributed by atoms with Crippen molar-refractivity contribution in [3.05, 3.63) is 52.7 Å². The van der Waals surface area contributed by atoms with Crippen molar-refractivity contribution in [1.29, 1.82) is 0 Å². The molecule has 0 saturated heterocycles. The summed E-state index contributed by atoms with van der Waals surface area (Å²) < 4.78 is 3.01. The van der Waals surface area contributed by atoms with Crippen molar-refractivity contribution in [2.24, 2.45) is 0 Å². The number of carbonyl (C=O) groups is 1. The zero-order chi connectivity index (χ0) is 18.2. The number of nitrogens with zero attached hydrogens (tertiary/aromatic N) is 4. The van der Waals surface area contributed by atoms with Gasteiger partial charge in [0.25, 0.3) is 5.56 Å². The Hall–Kier alpha value is -2.96. The standard InChI is InChI=1S/C18H21N5O2/c1-12-7-5-6-8-14(12)21-15(24)10-22-11-19-16-13(17(22)25)9-20-23(16)18(2,3)4/h5-9,11H,10H2,1-4H3,(H,21,24). The van der Waals surface area contributed by atoms with E-state index in [2.05, 4.69) is 15.4 Å². The van der Waals surface area contributed by atoms with Crippen molar-refractivity contribution < 1.29 is 4.79 Å². The largest absolute Gasteiger partial charge is 0.324 e. The summed E-state index contributed by atoms with van der Waals surface area (Å²) in [6, 6.07) is 7.49. The van der Waals surface area contributed by atoms with Crippen molar-refractivity contribution in [2.75, 3.05) is 5.32 Å². The highest BCUT2D eigenvalue weighted by molar-refractivity contribution is 5.91. The molecule has 7 heteroatoms. The highest BCUT2D eigenvalue weighted by Gasteiger charge is 2.20. The van der Waals surface area contributed by atoms with Gasteiger partial charge in [-0.15, -0.1) is 0 Å². The Morgan fingerprint density at radius 3 is 2.64 bits per heavy atom. The normalized spacial score (nSPS) is 11.7. The summed E-state index contributed by atoms with van der Waals surface area (Å²) in [5.74, 6) is -0.277. The number of fused-ring (bicyclic) bond motifs is 1. The van der Waals surface area contributed by atoms with Gasteiger partial charge in [0.05, 0.1) is 11.7 Å². The Morgan fingerprint density at radius 2 is 1.96 bits per heavy atom. The minimum Gasteiger partial charge on any atom is -0.324 e. The fourth-order valence-corrected chi connectivity index (χ4v) is 2.61. The van der Waals surface area contributed by atoms with Gasteiger partial charge >= 0.3 is 0 Å². The van der Waals surface area contributed by atoms with E-state index in [1.165, 1.54) is 17.1 Å². The van der Waals surface area contributed by atoms with E-state index < -0.39 is 0 Å². The smallest absolute Gasteiger partial charge is 0.264 e. The van der Waals surface area contributed by atoms with Crippen LogP contribution in [0.5, 0.6) is 0 Å². The lowest BCUT2D eigenvalue weighted by atomic mass is 10.1. The van der Waals surface area contributed by atoms with E-state index in [0.29, 0.717) is 11.0 Å². The molecule has 1 amide bonds. The summed E-state index contributed by atoms with van der Waals surface area (Å²) in [7, 11) is 0. The van der Waals surface area contributed by atoms with Crippen molar-refractivity contribution >= 4 is 22.6 Å². The lowest BCUT2D eigenvalue weighted by Gasteiger charge is -2.19. The van der Waals surface area contributed by atoms with E-state index in [1.807, 2.05) is 52.0 Å². The lowest BCUT2D eigenvalue weighted by Crippen LogP contribution is -2.29. The molecule has 3 aromatic rings. The zero-order valence-corrected chi connectivity index (χ0v) is 14.8. The monoisotopic (exact) mass is 339 g/mol. The quantitative estimate of drug-likeness (QED) is 0.794. The van der Waals surface area contributed by atoms with E-state index in [-0.39, 0.29) is 23.6 Å². The van der Waals surface area contributed by atoms with Crippen molar-refractivity contribution in [1.82, 2.24) is 19.3 Å². The molecule has 0 fully saturated rings. The van der Waals surface area contributed by atoms with Crippen LogP contribution in [0.2, 0.25) is 0 Å². The molecule has 25 heavy (non-hydrogen) atoms.